The number of nitrogens with zero attached hydrogens (tertiary/aromatic N) is 5. The van der Waals surface area contributed by atoms with Gasteiger partial charge in [0, 0.05) is 32.2 Å². The summed E-state index contributed by atoms with van der Waals surface area (Å²) in [4.78, 5) is 9.25. The van der Waals surface area contributed by atoms with E-state index in [-0.39, 0.29) is 0 Å². The first-order valence-corrected chi connectivity index (χ1v) is 14.7. The van der Waals surface area contributed by atoms with E-state index >= 15 is 0 Å². The highest BCUT2D eigenvalue weighted by atomic mass is 35.5. The van der Waals surface area contributed by atoms with Crippen LogP contribution in [0.1, 0.15) is 70.7 Å². The van der Waals surface area contributed by atoms with Gasteiger partial charge < -0.3 is 9.80 Å². The van der Waals surface area contributed by atoms with Crippen molar-refractivity contribution in [1.82, 2.24) is 19.6 Å². The van der Waals surface area contributed by atoms with Crippen molar-refractivity contribution in [2.75, 3.05) is 39.6 Å². The van der Waals surface area contributed by atoms with Crippen LogP contribution in [-0.4, -0.2) is 65.5 Å². The van der Waals surface area contributed by atoms with E-state index < -0.39 is 0 Å². The highest BCUT2D eigenvalue weighted by Crippen LogP contribution is 2.28. The quantitative estimate of drug-likeness (QED) is 0.0904. The molecule has 6 heteroatoms. The number of halogens is 1. The average molecular weight is 550 g/mol. The van der Waals surface area contributed by atoms with E-state index in [4.69, 9.17) is 21.7 Å². The molecule has 0 N–H and O–H groups in total. The lowest BCUT2D eigenvalue weighted by molar-refractivity contribution is 0.267. The average Bonchev–Trinajstić information content (AvgIpc) is 3.21. The molecule has 0 bridgehead atoms. The first-order valence-electron chi connectivity index (χ1n) is 14.1. The lowest BCUT2D eigenvalue weighted by Crippen LogP contribution is -2.28. The summed E-state index contributed by atoms with van der Waals surface area (Å²) in [6.45, 7) is 15.7. The zero-order valence-electron chi connectivity index (χ0n) is 24.9. The van der Waals surface area contributed by atoms with Crippen molar-refractivity contribution in [3.63, 3.8) is 0 Å². The van der Waals surface area contributed by atoms with Gasteiger partial charge in [-0.25, -0.2) is 9.67 Å². The summed E-state index contributed by atoms with van der Waals surface area (Å²) in [5, 5.41) is 5.06. The molecule has 0 radical (unpaired) electrons. The topological polar surface area (TPSA) is 36.7 Å². The van der Waals surface area contributed by atoms with Gasteiger partial charge in [-0.3, -0.25) is 0 Å². The van der Waals surface area contributed by atoms with Gasteiger partial charge in [0.15, 0.2) is 5.82 Å². The van der Waals surface area contributed by atoms with Gasteiger partial charge in [0.1, 0.15) is 0 Å². The predicted molar refractivity (Wildman–Crippen MR) is 172 cm³/mol. The molecule has 0 aromatic carbocycles. The maximum atomic E-state index is 6.09. The molecule has 0 aliphatic heterocycles. The molecule has 212 valence electrons. The summed E-state index contributed by atoms with van der Waals surface area (Å²) < 4.78 is 2.02. The van der Waals surface area contributed by atoms with E-state index in [1.807, 2.05) is 49.1 Å². The summed E-state index contributed by atoms with van der Waals surface area (Å²) in [5.41, 5.74) is 5.71. The van der Waals surface area contributed by atoms with Crippen LogP contribution in [0.4, 0.5) is 0 Å². The molecule has 0 spiro atoms. The van der Waals surface area contributed by atoms with Gasteiger partial charge in [-0.15, -0.1) is 11.6 Å². The van der Waals surface area contributed by atoms with Gasteiger partial charge in [0.05, 0.1) is 12.0 Å². The van der Waals surface area contributed by atoms with E-state index in [2.05, 4.69) is 80.8 Å². The summed E-state index contributed by atoms with van der Waals surface area (Å²) in [5.74, 6) is 1.65. The molecule has 1 aromatic heterocycles. The first-order chi connectivity index (χ1) is 18.9. The molecule has 0 amide bonds. The van der Waals surface area contributed by atoms with E-state index in [9.17, 15) is 0 Å². The molecule has 1 atom stereocenters. The number of aliphatic imine (C=N–C) groups is 1. The van der Waals surface area contributed by atoms with E-state index in [0.29, 0.717) is 11.8 Å². The summed E-state index contributed by atoms with van der Waals surface area (Å²) in [7, 11) is 3.96. The Morgan fingerprint density at radius 3 is 2.64 bits per heavy atom. The number of hydrogen-bond acceptors (Lipinski definition) is 3. The molecule has 1 unspecified atom stereocenters. The largest absolute Gasteiger partial charge is 0.369 e. The molecule has 0 saturated heterocycles. The highest BCUT2D eigenvalue weighted by Gasteiger charge is 2.19. The molecule has 1 aromatic rings. The van der Waals surface area contributed by atoms with Crippen molar-refractivity contribution in [1.29, 1.82) is 0 Å². The lowest BCUT2D eigenvalue weighted by Gasteiger charge is -2.24. The van der Waals surface area contributed by atoms with E-state index in [1.165, 1.54) is 11.3 Å². The second-order valence-corrected chi connectivity index (χ2v) is 10.4. The number of rotatable bonds is 16. The van der Waals surface area contributed by atoms with Crippen molar-refractivity contribution >= 4 is 29.3 Å². The Kier molecular flexibility index (Phi) is 14.6. The molecule has 1 aliphatic rings. The van der Waals surface area contributed by atoms with Crippen molar-refractivity contribution in [2.24, 2.45) is 4.99 Å². The highest BCUT2D eigenvalue weighted by molar-refractivity contribution is 6.19. The molecule has 39 heavy (non-hydrogen) atoms. The molecule has 1 heterocycles. The van der Waals surface area contributed by atoms with Crippen LogP contribution in [0.2, 0.25) is 0 Å². The number of allylic oxidation sites excluding steroid dienone is 11. The maximum absolute atomic E-state index is 6.09. The molecule has 1 aliphatic carbocycles. The van der Waals surface area contributed by atoms with Crippen LogP contribution < -0.4 is 0 Å². The van der Waals surface area contributed by atoms with Gasteiger partial charge in [0.2, 0.25) is 0 Å². The second-order valence-electron chi connectivity index (χ2n) is 10.1. The van der Waals surface area contributed by atoms with Crippen molar-refractivity contribution in [2.45, 2.75) is 59.3 Å². The number of hydrogen-bond donors (Lipinski definition) is 0. The Labute approximate surface area is 242 Å². The van der Waals surface area contributed by atoms with Gasteiger partial charge >= 0.3 is 0 Å². The lowest BCUT2D eigenvalue weighted by atomic mass is 10.0. The van der Waals surface area contributed by atoms with E-state index in [0.717, 1.165) is 68.0 Å². The third kappa shape index (κ3) is 10.7. The smallest absolute Gasteiger partial charge is 0.151 e. The van der Waals surface area contributed by atoms with Gasteiger partial charge in [-0.1, -0.05) is 69.0 Å². The third-order valence-electron chi connectivity index (χ3n) is 6.63. The van der Waals surface area contributed by atoms with Crippen LogP contribution in [0.15, 0.2) is 83.5 Å². The minimum absolute atomic E-state index is 0.306. The monoisotopic (exact) mass is 549 g/mol. The summed E-state index contributed by atoms with van der Waals surface area (Å²) in [6.07, 6.45) is 24.8. The molecular weight excluding hydrogens is 502 g/mol. The molecular formula is C33H48ClN5. The van der Waals surface area contributed by atoms with Gasteiger partial charge in [-0.05, 0) is 87.4 Å². The molecule has 0 fully saturated rings. The fourth-order valence-electron chi connectivity index (χ4n) is 4.51. The van der Waals surface area contributed by atoms with Crippen LogP contribution in [0.3, 0.4) is 0 Å². The van der Waals surface area contributed by atoms with Gasteiger partial charge in [-0.2, -0.15) is 5.10 Å². The first kappa shape index (κ1) is 32.3. The van der Waals surface area contributed by atoms with Crippen molar-refractivity contribution in [3.05, 3.63) is 89.9 Å². The zero-order valence-corrected chi connectivity index (χ0v) is 25.7. The van der Waals surface area contributed by atoms with Crippen LogP contribution >= 0.6 is 11.6 Å². The Morgan fingerprint density at radius 2 is 2.00 bits per heavy atom. The Balaban J connectivity index is 2.31. The van der Waals surface area contributed by atoms with Crippen LogP contribution in [0.5, 0.6) is 0 Å². The second kappa shape index (κ2) is 17.6. The van der Waals surface area contributed by atoms with Gasteiger partial charge in [0.25, 0.3) is 0 Å². The minimum atomic E-state index is 0.306. The summed E-state index contributed by atoms with van der Waals surface area (Å²) >= 11 is 6.09. The van der Waals surface area contributed by atoms with Crippen molar-refractivity contribution < 1.29 is 0 Å². The van der Waals surface area contributed by atoms with E-state index in [1.54, 1.807) is 0 Å². The fourth-order valence-corrected chi connectivity index (χ4v) is 4.71. The number of alkyl halides is 1. The zero-order chi connectivity index (χ0) is 28.6. The Bertz CT molecular complexity index is 1130. The fraction of sp³-hybridized carbons (Fsp3) is 0.455. The minimum Gasteiger partial charge on any atom is -0.369 e. The predicted octanol–water partition coefficient (Wildman–Crippen LogP) is 8.08. The third-order valence-corrected chi connectivity index (χ3v) is 6.94. The van der Waals surface area contributed by atoms with Crippen LogP contribution in [-0.2, 0) is 0 Å². The molecule has 0 saturated carbocycles. The van der Waals surface area contributed by atoms with Crippen molar-refractivity contribution in [3.8, 4) is 0 Å². The van der Waals surface area contributed by atoms with Crippen LogP contribution in [0, 0.1) is 0 Å². The Morgan fingerprint density at radius 1 is 1.21 bits per heavy atom. The van der Waals surface area contributed by atoms with Crippen LogP contribution in [0.25, 0.3) is 11.4 Å². The molecule has 2 rings (SSSR count). The number of aromatic nitrogens is 2. The SMILES string of the molecule is C=C/C=C(\C=C/C)CCN(CCC)CCC(C)c1cc(C2=CCC=C(CCl)C=C2)nn1C(=C/C)/N=C\N(C)C. The standard InChI is InChI=1S/C33H48ClN5/c1-8-13-28(14-9-2)20-23-38(21-10-3)22-19-27(5)32-24-31(30-16-12-15-29(25-34)17-18-30)36-39(32)33(11-4)35-26-37(6)7/h8-9,11,13-18,24,26-27H,1,10,12,19-23,25H2,2-7H3/b14-9-,28-13+,33-11+,35-26-. The normalized spacial score (nSPS) is 15.7. The molecule has 5 nitrogen and oxygen atoms in total. The maximum Gasteiger partial charge on any atom is 0.151 e. The Hall–Kier alpha value is -2.89. The summed E-state index contributed by atoms with van der Waals surface area (Å²) in [6, 6.07) is 2.24.